The lowest BCUT2D eigenvalue weighted by molar-refractivity contribution is -0.107. The molecule has 7 heteroatoms. The summed E-state index contributed by atoms with van der Waals surface area (Å²) in [4.78, 5) is 10.3. The van der Waals surface area contributed by atoms with Gasteiger partial charge in [0.1, 0.15) is 6.29 Å². The molecule has 0 fully saturated rings. The van der Waals surface area contributed by atoms with E-state index in [4.69, 9.17) is 15.2 Å². The van der Waals surface area contributed by atoms with E-state index in [0.717, 1.165) is 56.2 Å². The summed E-state index contributed by atoms with van der Waals surface area (Å²) in [5, 5.41) is 16.4. The fourth-order valence-electron chi connectivity index (χ4n) is 4.06. The largest absolute Gasteiger partial charge is 0.401 e. The minimum atomic E-state index is 0.00163. The number of rotatable bonds is 30. The number of allylic oxidation sites excluding steroid dienone is 2. The Labute approximate surface area is 227 Å². The molecule has 0 aromatic rings. The first kappa shape index (κ1) is 35.2. The summed E-state index contributed by atoms with van der Waals surface area (Å²) < 4.78 is 10.8. The van der Waals surface area contributed by atoms with Gasteiger partial charge >= 0.3 is 0 Å². The maximum atomic E-state index is 10.3. The molecule has 216 valence electrons. The minimum Gasteiger partial charge on any atom is -0.401 e. The van der Waals surface area contributed by atoms with E-state index in [1.807, 2.05) is 0 Å². The first-order valence-corrected chi connectivity index (χ1v) is 14.5. The standard InChI is InChI=1S/C30H57N3O4/c1-27(31)26-37-24-23-36-22-20-32-28(2)18-19-30(25-35)33-29(3)17-15-13-11-9-7-5-4-6-8-10-12-14-16-21-34/h21,30,32-33,35H,1-20,22-26,31H2. The predicted octanol–water partition coefficient (Wildman–Crippen LogP) is 5.50. The van der Waals surface area contributed by atoms with E-state index in [2.05, 4.69) is 30.4 Å². The zero-order chi connectivity index (χ0) is 27.4. The average molecular weight is 524 g/mol. The molecule has 0 rings (SSSR count). The highest BCUT2D eigenvalue weighted by atomic mass is 16.5. The van der Waals surface area contributed by atoms with E-state index in [0.29, 0.717) is 38.7 Å². The van der Waals surface area contributed by atoms with Crippen molar-refractivity contribution in [2.75, 3.05) is 39.6 Å². The molecule has 1 atom stereocenters. The third-order valence-electron chi connectivity index (χ3n) is 6.25. The third kappa shape index (κ3) is 27.0. The molecule has 0 aliphatic rings. The number of hydrogen-bond acceptors (Lipinski definition) is 7. The topological polar surface area (TPSA) is 106 Å². The van der Waals surface area contributed by atoms with Gasteiger partial charge in [0.25, 0.3) is 0 Å². The van der Waals surface area contributed by atoms with Crippen LogP contribution in [0.1, 0.15) is 103 Å². The number of hydrogen-bond donors (Lipinski definition) is 4. The summed E-state index contributed by atoms with van der Waals surface area (Å²) in [5.41, 5.74) is 7.90. The van der Waals surface area contributed by atoms with Gasteiger partial charge in [0, 0.05) is 36.1 Å². The molecular formula is C30H57N3O4. The quantitative estimate of drug-likeness (QED) is 0.0727. The fraction of sp³-hybridized carbons (Fsp3) is 0.767. The highest BCUT2D eigenvalue weighted by molar-refractivity contribution is 5.48. The number of aliphatic hydroxyl groups excluding tert-OH is 1. The molecule has 0 aromatic heterocycles. The fourth-order valence-corrected chi connectivity index (χ4v) is 4.06. The number of nitrogens with two attached hydrogens (primary N) is 1. The Morgan fingerprint density at radius 2 is 1.35 bits per heavy atom. The highest BCUT2D eigenvalue weighted by Crippen LogP contribution is 2.14. The summed E-state index contributed by atoms with van der Waals surface area (Å²) in [6.07, 6.45) is 19.5. The van der Waals surface area contributed by atoms with Crippen LogP contribution in [-0.2, 0) is 14.3 Å². The van der Waals surface area contributed by atoms with Gasteiger partial charge in [-0.3, -0.25) is 0 Å². The zero-order valence-corrected chi connectivity index (χ0v) is 23.6. The smallest absolute Gasteiger partial charge is 0.119 e. The van der Waals surface area contributed by atoms with Crippen molar-refractivity contribution in [3.8, 4) is 0 Å². The number of carbonyl (C=O) groups excluding carboxylic acids is 1. The average Bonchev–Trinajstić information content (AvgIpc) is 2.88. The Bertz CT molecular complexity index is 583. The molecule has 5 N–H and O–H groups in total. The van der Waals surface area contributed by atoms with Crippen molar-refractivity contribution in [3.05, 3.63) is 36.8 Å². The minimum absolute atomic E-state index is 0.00163. The molecule has 0 amide bonds. The van der Waals surface area contributed by atoms with Crippen LogP contribution >= 0.6 is 0 Å². The van der Waals surface area contributed by atoms with Crippen LogP contribution in [0.2, 0.25) is 0 Å². The van der Waals surface area contributed by atoms with Crippen molar-refractivity contribution in [2.45, 2.75) is 109 Å². The summed E-state index contributed by atoms with van der Waals surface area (Å²) >= 11 is 0. The molecule has 7 nitrogen and oxygen atoms in total. The van der Waals surface area contributed by atoms with Gasteiger partial charge in [0.05, 0.1) is 33.0 Å². The normalized spacial score (nSPS) is 11.7. The van der Waals surface area contributed by atoms with Gasteiger partial charge in [-0.15, -0.1) is 0 Å². The van der Waals surface area contributed by atoms with E-state index in [1.165, 1.54) is 64.2 Å². The Hall–Kier alpha value is -1.83. The lowest BCUT2D eigenvalue weighted by Gasteiger charge is -2.20. The number of ether oxygens (including phenoxy) is 2. The number of aldehydes is 1. The van der Waals surface area contributed by atoms with Crippen molar-refractivity contribution >= 4 is 6.29 Å². The van der Waals surface area contributed by atoms with Crippen LogP contribution in [-0.4, -0.2) is 57.0 Å². The Morgan fingerprint density at radius 1 is 0.784 bits per heavy atom. The molecule has 0 spiro atoms. The number of aliphatic hydroxyl groups is 1. The molecule has 0 heterocycles. The number of unbranched alkanes of at least 4 members (excludes halogenated alkanes) is 12. The van der Waals surface area contributed by atoms with Crippen LogP contribution in [0, 0.1) is 0 Å². The molecule has 0 aromatic carbocycles. The van der Waals surface area contributed by atoms with Crippen LogP contribution < -0.4 is 16.4 Å². The van der Waals surface area contributed by atoms with E-state index < -0.39 is 0 Å². The SMILES string of the molecule is C=C(N)COCCOCCNC(=C)CCC(CO)NC(=C)CCCCCCCCCCCCCCC=O. The van der Waals surface area contributed by atoms with Gasteiger partial charge < -0.3 is 35.7 Å². The number of nitrogens with one attached hydrogen (secondary N) is 2. The predicted molar refractivity (Wildman–Crippen MR) is 155 cm³/mol. The lowest BCUT2D eigenvalue weighted by Crippen LogP contribution is -2.32. The van der Waals surface area contributed by atoms with Crippen LogP contribution in [0.4, 0.5) is 0 Å². The van der Waals surface area contributed by atoms with Gasteiger partial charge in [-0.1, -0.05) is 83.9 Å². The Kier molecular flexibility index (Phi) is 25.9. The summed E-state index contributed by atoms with van der Waals surface area (Å²) in [7, 11) is 0. The molecule has 37 heavy (non-hydrogen) atoms. The Morgan fingerprint density at radius 3 is 1.92 bits per heavy atom. The van der Waals surface area contributed by atoms with Crippen LogP contribution in [0.15, 0.2) is 36.8 Å². The van der Waals surface area contributed by atoms with E-state index >= 15 is 0 Å². The van der Waals surface area contributed by atoms with Crippen LogP contribution in [0.3, 0.4) is 0 Å². The van der Waals surface area contributed by atoms with Crippen LogP contribution in [0.25, 0.3) is 0 Å². The van der Waals surface area contributed by atoms with E-state index in [1.54, 1.807) is 0 Å². The van der Waals surface area contributed by atoms with Crippen molar-refractivity contribution in [3.63, 3.8) is 0 Å². The molecule has 0 radical (unpaired) electrons. The molecule has 0 aliphatic carbocycles. The van der Waals surface area contributed by atoms with Gasteiger partial charge in [-0.25, -0.2) is 0 Å². The van der Waals surface area contributed by atoms with Gasteiger partial charge in [-0.2, -0.15) is 0 Å². The second kappa shape index (κ2) is 27.2. The monoisotopic (exact) mass is 523 g/mol. The summed E-state index contributed by atoms with van der Waals surface area (Å²) in [5.74, 6) is 0. The van der Waals surface area contributed by atoms with Crippen LogP contribution in [0.5, 0.6) is 0 Å². The molecular weight excluding hydrogens is 466 g/mol. The second-order valence-electron chi connectivity index (χ2n) is 9.97. The number of carbonyl (C=O) groups is 1. The lowest BCUT2D eigenvalue weighted by atomic mass is 10.0. The third-order valence-corrected chi connectivity index (χ3v) is 6.25. The molecule has 1 unspecified atom stereocenters. The molecule has 0 aliphatic heterocycles. The van der Waals surface area contributed by atoms with Crippen molar-refractivity contribution in [1.82, 2.24) is 10.6 Å². The second-order valence-corrected chi connectivity index (χ2v) is 9.97. The first-order chi connectivity index (χ1) is 18.0. The van der Waals surface area contributed by atoms with E-state index in [-0.39, 0.29) is 12.6 Å². The van der Waals surface area contributed by atoms with Gasteiger partial charge in [0.2, 0.25) is 0 Å². The molecule has 0 saturated heterocycles. The molecule has 0 saturated carbocycles. The zero-order valence-electron chi connectivity index (χ0n) is 23.6. The van der Waals surface area contributed by atoms with Crippen molar-refractivity contribution in [2.24, 2.45) is 5.73 Å². The highest BCUT2D eigenvalue weighted by Gasteiger charge is 2.09. The molecule has 0 bridgehead atoms. The van der Waals surface area contributed by atoms with Crippen molar-refractivity contribution < 1.29 is 19.4 Å². The Balaban J connectivity index is 3.57. The maximum Gasteiger partial charge on any atom is 0.119 e. The first-order valence-electron chi connectivity index (χ1n) is 14.5. The van der Waals surface area contributed by atoms with E-state index in [9.17, 15) is 9.90 Å². The summed E-state index contributed by atoms with van der Waals surface area (Å²) in [6.45, 7) is 14.5. The maximum absolute atomic E-state index is 10.3. The summed E-state index contributed by atoms with van der Waals surface area (Å²) in [6, 6.07) is 0.00163. The van der Waals surface area contributed by atoms with Crippen molar-refractivity contribution in [1.29, 1.82) is 0 Å². The van der Waals surface area contributed by atoms with Gasteiger partial charge in [-0.05, 0) is 32.1 Å². The van der Waals surface area contributed by atoms with Gasteiger partial charge in [0.15, 0.2) is 0 Å².